The second kappa shape index (κ2) is 5.94. The highest BCUT2D eigenvalue weighted by atomic mass is 32.3. The number of carbonyl (C=O) groups excluding carboxylic acids is 1. The molecule has 1 fully saturated rings. The first-order chi connectivity index (χ1) is 12.0. The van der Waals surface area contributed by atoms with Gasteiger partial charge in [-0.25, -0.2) is 0 Å². The molecule has 25 heavy (non-hydrogen) atoms. The molecule has 7 heteroatoms. The smallest absolute Gasteiger partial charge is 0.255 e. The van der Waals surface area contributed by atoms with Gasteiger partial charge in [0.15, 0.2) is 15.3 Å². The van der Waals surface area contributed by atoms with Crippen molar-refractivity contribution >= 4 is 16.3 Å². The lowest BCUT2D eigenvalue weighted by Gasteiger charge is -2.29. The summed E-state index contributed by atoms with van der Waals surface area (Å²) in [5, 5.41) is 2.99. The van der Waals surface area contributed by atoms with Gasteiger partial charge < -0.3 is 14.6 Å². The van der Waals surface area contributed by atoms with Crippen molar-refractivity contribution < 1.29 is 18.3 Å². The van der Waals surface area contributed by atoms with Gasteiger partial charge in [-0.15, -0.1) is 4.31 Å². The average Bonchev–Trinajstić information content (AvgIpc) is 3.00. The Balaban J connectivity index is 1.58. The van der Waals surface area contributed by atoms with Gasteiger partial charge in [0, 0.05) is 6.54 Å². The maximum atomic E-state index is 12.8. The molecule has 2 aliphatic heterocycles. The van der Waals surface area contributed by atoms with Gasteiger partial charge in [-0.2, -0.15) is 0 Å². The summed E-state index contributed by atoms with van der Waals surface area (Å²) in [6.45, 7) is 0.789. The van der Waals surface area contributed by atoms with Crippen LogP contribution < -0.4 is 10.1 Å². The molecule has 0 aromatic heterocycles. The topological polar surface area (TPSA) is 81.7 Å². The number of ether oxygens (including phenoxy) is 1. The molecule has 2 aromatic carbocycles. The van der Waals surface area contributed by atoms with Gasteiger partial charge in [0.05, 0.1) is 17.6 Å². The molecule has 1 N–H and O–H groups in total. The molecule has 2 heterocycles. The summed E-state index contributed by atoms with van der Waals surface area (Å²) in [6, 6.07) is 15.4. The van der Waals surface area contributed by atoms with Crippen molar-refractivity contribution in [1.82, 2.24) is 9.62 Å². The van der Waals surface area contributed by atoms with Crippen LogP contribution >= 0.6 is 0 Å². The maximum absolute atomic E-state index is 12.8. The number of benzene rings is 2. The van der Waals surface area contributed by atoms with Crippen molar-refractivity contribution in [2.45, 2.75) is 16.9 Å². The van der Waals surface area contributed by atoms with Gasteiger partial charge in [0.1, 0.15) is 12.4 Å². The molecular weight excluding hydrogens is 340 g/mol. The van der Waals surface area contributed by atoms with Crippen LogP contribution in [0.1, 0.15) is 16.8 Å². The van der Waals surface area contributed by atoms with E-state index in [2.05, 4.69) is 5.32 Å². The fraction of sp³-hybridized carbons (Fsp3) is 0.278. The molecule has 4 rings (SSSR count). The zero-order chi connectivity index (χ0) is 17.5. The largest absolute Gasteiger partial charge is 0.593 e. The summed E-state index contributed by atoms with van der Waals surface area (Å²) < 4.78 is 32.9. The number of fused-ring (bicyclic) bond motifs is 1. The Morgan fingerprint density at radius 3 is 2.64 bits per heavy atom. The lowest BCUT2D eigenvalue weighted by molar-refractivity contribution is 0.0894. The van der Waals surface area contributed by atoms with E-state index in [1.165, 1.54) is 4.31 Å². The van der Waals surface area contributed by atoms with Crippen molar-refractivity contribution in [2.75, 3.05) is 19.7 Å². The molecule has 2 unspecified atom stereocenters. The van der Waals surface area contributed by atoms with Gasteiger partial charge in [-0.1, -0.05) is 34.5 Å². The number of hydrogen-bond donors (Lipinski definition) is 1. The van der Waals surface area contributed by atoms with Crippen LogP contribution in [-0.2, 0) is 14.6 Å². The Morgan fingerprint density at radius 2 is 1.84 bits per heavy atom. The van der Waals surface area contributed by atoms with Crippen LogP contribution in [0.2, 0.25) is 0 Å². The molecule has 1 saturated heterocycles. The molecule has 0 aliphatic carbocycles. The summed E-state index contributed by atoms with van der Waals surface area (Å²) in [4.78, 5) is 12.8. The normalized spacial score (nSPS) is 25.6. The van der Waals surface area contributed by atoms with Crippen LogP contribution in [0, 0.1) is 0 Å². The minimum absolute atomic E-state index is 0.198. The number of amides is 1. The van der Waals surface area contributed by atoms with Gasteiger partial charge in [0.25, 0.3) is 5.91 Å². The number of nitrogens with one attached hydrogen (secondary N) is 1. The van der Waals surface area contributed by atoms with Crippen LogP contribution in [0.5, 0.6) is 5.75 Å². The number of para-hydroxylation sites is 1. The van der Waals surface area contributed by atoms with Gasteiger partial charge in [-0.3, -0.25) is 4.79 Å². The Kier molecular flexibility index (Phi) is 3.87. The van der Waals surface area contributed by atoms with E-state index in [0.29, 0.717) is 24.3 Å². The van der Waals surface area contributed by atoms with E-state index in [1.807, 2.05) is 6.07 Å². The van der Waals surface area contributed by atoms with E-state index >= 15 is 0 Å². The number of sulfonamides is 1. The Labute approximate surface area is 147 Å². The molecule has 2 aliphatic rings. The van der Waals surface area contributed by atoms with Crippen LogP contribution in [0.15, 0.2) is 59.5 Å². The zero-order valence-electron chi connectivity index (χ0n) is 13.5. The monoisotopic (exact) mass is 358 g/mol. The SMILES string of the molecule is O=C1NC2(CCN([S+](=O)([O-])c3ccccc3)C2)COc2ccccc21. The van der Waals surface area contributed by atoms with E-state index in [1.54, 1.807) is 48.5 Å². The van der Waals surface area contributed by atoms with E-state index < -0.39 is 15.9 Å². The lowest BCUT2D eigenvalue weighted by atomic mass is 10.00. The summed E-state index contributed by atoms with van der Waals surface area (Å²) in [5.41, 5.74) is -0.235. The third-order valence-corrected chi connectivity index (χ3v) is 6.57. The molecule has 1 spiro atoms. The van der Waals surface area contributed by atoms with Crippen molar-refractivity contribution in [3.8, 4) is 5.75 Å². The Morgan fingerprint density at radius 1 is 1.12 bits per heavy atom. The molecule has 6 nitrogen and oxygen atoms in total. The summed E-state index contributed by atoms with van der Waals surface area (Å²) in [5.74, 6) is 0.299. The first-order valence-corrected chi connectivity index (χ1v) is 9.54. The number of hydrogen-bond acceptors (Lipinski definition) is 4. The fourth-order valence-corrected chi connectivity index (χ4v) is 4.89. The fourth-order valence-electron chi connectivity index (χ4n) is 3.34. The number of rotatable bonds is 2. The van der Waals surface area contributed by atoms with E-state index in [0.717, 1.165) is 0 Å². The Hall–Kier alpha value is -2.22. The van der Waals surface area contributed by atoms with Crippen molar-refractivity contribution in [3.05, 3.63) is 60.2 Å². The highest BCUT2D eigenvalue weighted by molar-refractivity contribution is 7.95. The minimum Gasteiger partial charge on any atom is -0.593 e. The van der Waals surface area contributed by atoms with E-state index in [9.17, 15) is 13.6 Å². The third kappa shape index (κ3) is 2.84. The summed E-state index contributed by atoms with van der Waals surface area (Å²) >= 11 is 0. The molecule has 1 amide bonds. The number of nitrogens with zero attached hydrogens (tertiary/aromatic N) is 1. The quantitative estimate of drug-likeness (QED) is 0.831. The average molecular weight is 358 g/mol. The van der Waals surface area contributed by atoms with Crippen LogP contribution in [0.25, 0.3) is 0 Å². The summed E-state index contributed by atoms with van der Waals surface area (Å²) in [7, 11) is -3.58. The lowest BCUT2D eigenvalue weighted by Crippen LogP contribution is -2.54. The first kappa shape index (κ1) is 16.3. The highest BCUT2D eigenvalue weighted by Gasteiger charge is 2.48. The minimum atomic E-state index is -3.58. The highest BCUT2D eigenvalue weighted by Crippen LogP contribution is 2.33. The Bertz CT molecular complexity index is 857. The van der Waals surface area contributed by atoms with E-state index in [-0.39, 0.29) is 24.0 Å². The van der Waals surface area contributed by atoms with Gasteiger partial charge in [0.2, 0.25) is 0 Å². The summed E-state index contributed by atoms with van der Waals surface area (Å²) in [6.07, 6.45) is 0.513. The number of carbonyl (C=O) groups is 1. The van der Waals surface area contributed by atoms with Crippen molar-refractivity contribution in [3.63, 3.8) is 0 Å². The standard InChI is InChI=1S/C18H18N2O4S/c21-17-15-8-4-5-9-16(15)24-13-18(19-17)10-11-20(12-18)25(22,23)14-6-2-1-3-7-14/h1-9H,10-13H2,(H-,19,21,22,23). The second-order valence-electron chi connectivity index (χ2n) is 6.42. The molecule has 130 valence electrons. The van der Waals surface area contributed by atoms with E-state index in [4.69, 9.17) is 4.74 Å². The van der Waals surface area contributed by atoms with Crippen molar-refractivity contribution in [2.24, 2.45) is 0 Å². The predicted octanol–water partition coefficient (Wildman–Crippen LogP) is 1.86. The molecule has 2 atom stereocenters. The first-order valence-electron chi connectivity index (χ1n) is 8.10. The molecular formula is C18H18N2O4S. The second-order valence-corrected chi connectivity index (χ2v) is 8.36. The van der Waals surface area contributed by atoms with Crippen LogP contribution in [-0.4, -0.2) is 40.0 Å². The molecule has 2 aromatic rings. The van der Waals surface area contributed by atoms with Gasteiger partial charge >= 0.3 is 0 Å². The maximum Gasteiger partial charge on any atom is 0.255 e. The van der Waals surface area contributed by atoms with Gasteiger partial charge in [-0.05, 0) is 30.7 Å². The third-order valence-electron chi connectivity index (χ3n) is 4.71. The van der Waals surface area contributed by atoms with Crippen LogP contribution in [0.3, 0.4) is 0 Å². The predicted molar refractivity (Wildman–Crippen MR) is 91.9 cm³/mol. The van der Waals surface area contributed by atoms with Crippen molar-refractivity contribution in [1.29, 1.82) is 0 Å². The van der Waals surface area contributed by atoms with Crippen LogP contribution in [0.4, 0.5) is 0 Å². The molecule has 0 radical (unpaired) electrons. The molecule has 0 bridgehead atoms. The molecule has 0 saturated carbocycles. The zero-order valence-corrected chi connectivity index (χ0v) is 14.3.